The smallest absolute Gasteiger partial charge is 0.358 e. The number of H-pyrrole nitrogens is 1. The first kappa shape index (κ1) is 17.1. The molecule has 25 heavy (non-hydrogen) atoms. The number of carbonyl (C=O) groups is 1. The van der Waals surface area contributed by atoms with E-state index >= 15 is 0 Å². The van der Waals surface area contributed by atoms with Crippen LogP contribution in [0.4, 0.5) is 18.9 Å². The lowest BCUT2D eigenvalue weighted by molar-refractivity contribution is -0.137. The Kier molecular flexibility index (Phi) is 4.29. The van der Waals surface area contributed by atoms with E-state index in [0.29, 0.717) is 5.69 Å². The van der Waals surface area contributed by atoms with Crippen molar-refractivity contribution in [3.8, 4) is 0 Å². The second-order valence-electron chi connectivity index (χ2n) is 6.08. The fraction of sp³-hybridized carbons (Fsp3) is 0.211. The summed E-state index contributed by atoms with van der Waals surface area (Å²) >= 11 is 0. The fourth-order valence-corrected chi connectivity index (χ4v) is 2.83. The van der Waals surface area contributed by atoms with E-state index in [2.05, 4.69) is 10.3 Å². The highest BCUT2D eigenvalue weighted by Crippen LogP contribution is 2.30. The van der Waals surface area contributed by atoms with Crippen LogP contribution in [0.1, 0.15) is 22.4 Å². The number of hydrogen-bond acceptors (Lipinski definition) is 1. The third kappa shape index (κ3) is 3.68. The van der Waals surface area contributed by atoms with E-state index in [0.717, 1.165) is 39.9 Å². The number of rotatable bonds is 3. The van der Waals surface area contributed by atoms with Gasteiger partial charge in [-0.1, -0.05) is 11.6 Å². The molecule has 0 aliphatic carbocycles. The van der Waals surface area contributed by atoms with Gasteiger partial charge in [-0.2, -0.15) is 13.2 Å². The number of carbonyl (C=O) groups excluding carboxylic acids is 1. The van der Waals surface area contributed by atoms with E-state index in [9.17, 15) is 18.0 Å². The molecule has 0 saturated heterocycles. The maximum absolute atomic E-state index is 12.6. The number of alkyl halides is 3. The first-order valence-electron chi connectivity index (χ1n) is 7.79. The van der Waals surface area contributed by atoms with Crippen molar-refractivity contribution in [2.45, 2.75) is 26.4 Å². The van der Waals surface area contributed by atoms with Crippen LogP contribution in [0.3, 0.4) is 0 Å². The molecule has 0 aliphatic rings. The molecule has 3 rings (SSSR count). The molecule has 6 heteroatoms. The summed E-state index contributed by atoms with van der Waals surface area (Å²) in [6, 6.07) is 10.4. The molecule has 3 nitrogen and oxygen atoms in total. The minimum atomic E-state index is -4.39. The molecule has 0 spiro atoms. The third-order valence-corrected chi connectivity index (χ3v) is 4.11. The van der Waals surface area contributed by atoms with Crippen molar-refractivity contribution in [2.75, 3.05) is 5.32 Å². The standard InChI is InChI=1S/C19H17F3N2O/c1-11-3-8-17-16(9-11)15(12(2)23-17)10-18(25)24-14-6-4-13(5-7-14)19(20,21)22/h3-9,23H,10H2,1-2H3,(H,24,25). The highest BCUT2D eigenvalue weighted by molar-refractivity contribution is 5.96. The average Bonchev–Trinajstić information content (AvgIpc) is 2.82. The molecule has 0 saturated carbocycles. The number of aromatic amines is 1. The topological polar surface area (TPSA) is 44.9 Å². The second kappa shape index (κ2) is 6.27. The zero-order valence-electron chi connectivity index (χ0n) is 13.8. The molecule has 0 atom stereocenters. The molecule has 0 unspecified atom stereocenters. The normalized spacial score (nSPS) is 11.7. The van der Waals surface area contributed by atoms with Crippen molar-refractivity contribution in [2.24, 2.45) is 0 Å². The van der Waals surface area contributed by atoms with Crippen molar-refractivity contribution < 1.29 is 18.0 Å². The lowest BCUT2D eigenvalue weighted by Gasteiger charge is -2.09. The van der Waals surface area contributed by atoms with Crippen molar-refractivity contribution >= 4 is 22.5 Å². The van der Waals surface area contributed by atoms with Gasteiger partial charge < -0.3 is 10.3 Å². The average molecular weight is 346 g/mol. The molecule has 1 heterocycles. The SMILES string of the molecule is Cc1ccc2[nH]c(C)c(CC(=O)Nc3ccc(C(F)(F)F)cc3)c2c1. The van der Waals surface area contributed by atoms with Crippen LogP contribution in [0.15, 0.2) is 42.5 Å². The van der Waals surface area contributed by atoms with Gasteiger partial charge in [0.05, 0.1) is 12.0 Å². The summed E-state index contributed by atoms with van der Waals surface area (Å²) in [4.78, 5) is 15.5. The number of fused-ring (bicyclic) bond motifs is 1. The quantitative estimate of drug-likeness (QED) is 0.690. The maximum Gasteiger partial charge on any atom is 0.416 e. The van der Waals surface area contributed by atoms with E-state index in [1.807, 2.05) is 32.0 Å². The van der Waals surface area contributed by atoms with Crippen LogP contribution < -0.4 is 5.32 Å². The number of anilines is 1. The summed E-state index contributed by atoms with van der Waals surface area (Å²) in [5.41, 5.74) is 3.45. The Bertz CT molecular complexity index is 924. The molecule has 0 aliphatic heterocycles. The molecule has 0 fully saturated rings. The Labute approximate surface area is 142 Å². The Hall–Kier alpha value is -2.76. The van der Waals surface area contributed by atoms with Gasteiger partial charge in [0.2, 0.25) is 5.91 Å². The van der Waals surface area contributed by atoms with Crippen LogP contribution in [0.2, 0.25) is 0 Å². The number of benzene rings is 2. The van der Waals surface area contributed by atoms with Crippen molar-refractivity contribution in [1.82, 2.24) is 4.98 Å². The largest absolute Gasteiger partial charge is 0.416 e. The molecule has 2 N–H and O–H groups in total. The minimum Gasteiger partial charge on any atom is -0.358 e. The lowest BCUT2D eigenvalue weighted by Crippen LogP contribution is -2.15. The van der Waals surface area contributed by atoms with E-state index < -0.39 is 11.7 Å². The molecular weight excluding hydrogens is 329 g/mol. The molecule has 0 radical (unpaired) electrons. The van der Waals surface area contributed by atoms with Gasteiger partial charge in [0, 0.05) is 22.3 Å². The summed E-state index contributed by atoms with van der Waals surface area (Å²) in [5, 5.41) is 3.63. The van der Waals surface area contributed by atoms with Gasteiger partial charge in [-0.15, -0.1) is 0 Å². The van der Waals surface area contributed by atoms with Gasteiger partial charge in [-0.05, 0) is 55.8 Å². The zero-order chi connectivity index (χ0) is 18.2. The summed E-state index contributed by atoms with van der Waals surface area (Å²) in [5.74, 6) is -0.273. The van der Waals surface area contributed by atoms with Crippen molar-refractivity contribution in [1.29, 1.82) is 0 Å². The molecule has 2 aromatic carbocycles. The summed E-state index contributed by atoms with van der Waals surface area (Å²) in [6.07, 6.45) is -4.24. The van der Waals surface area contributed by atoms with Crippen LogP contribution in [0.5, 0.6) is 0 Å². The second-order valence-corrected chi connectivity index (χ2v) is 6.08. The van der Waals surface area contributed by atoms with Crippen LogP contribution in [-0.2, 0) is 17.4 Å². The van der Waals surface area contributed by atoms with Gasteiger partial charge in [0.15, 0.2) is 0 Å². The molecule has 3 aromatic rings. The van der Waals surface area contributed by atoms with Crippen LogP contribution in [-0.4, -0.2) is 10.9 Å². The number of hydrogen-bond donors (Lipinski definition) is 2. The van der Waals surface area contributed by atoms with E-state index in [-0.39, 0.29) is 12.3 Å². The minimum absolute atomic E-state index is 0.149. The number of nitrogens with one attached hydrogen (secondary N) is 2. The predicted octanol–water partition coefficient (Wildman–Crippen LogP) is 4.98. The molecule has 130 valence electrons. The van der Waals surface area contributed by atoms with E-state index in [1.165, 1.54) is 12.1 Å². The van der Waals surface area contributed by atoms with Crippen molar-refractivity contribution in [3.63, 3.8) is 0 Å². The highest BCUT2D eigenvalue weighted by Gasteiger charge is 2.30. The molecule has 1 amide bonds. The molecule has 1 aromatic heterocycles. The maximum atomic E-state index is 12.6. The Morgan fingerprint density at radius 1 is 1.08 bits per heavy atom. The van der Waals surface area contributed by atoms with Gasteiger partial charge in [-0.3, -0.25) is 4.79 Å². The summed E-state index contributed by atoms with van der Waals surface area (Å²) in [6.45, 7) is 3.88. The molecule has 0 bridgehead atoms. The van der Waals surface area contributed by atoms with Gasteiger partial charge >= 0.3 is 6.18 Å². The molecular formula is C19H17F3N2O. The first-order valence-corrected chi connectivity index (χ1v) is 7.79. The van der Waals surface area contributed by atoms with Gasteiger partial charge in [-0.25, -0.2) is 0 Å². The van der Waals surface area contributed by atoms with Crippen LogP contribution in [0.25, 0.3) is 10.9 Å². The van der Waals surface area contributed by atoms with Gasteiger partial charge in [0.1, 0.15) is 0 Å². The number of halogens is 3. The first-order chi connectivity index (χ1) is 11.7. The fourth-order valence-electron chi connectivity index (χ4n) is 2.83. The number of amides is 1. The Balaban J connectivity index is 1.77. The zero-order valence-corrected chi connectivity index (χ0v) is 13.8. The lowest BCUT2D eigenvalue weighted by atomic mass is 10.1. The Morgan fingerprint density at radius 2 is 1.76 bits per heavy atom. The third-order valence-electron chi connectivity index (χ3n) is 4.11. The summed E-state index contributed by atoms with van der Waals surface area (Å²) in [7, 11) is 0. The highest BCUT2D eigenvalue weighted by atomic mass is 19.4. The predicted molar refractivity (Wildman–Crippen MR) is 91.6 cm³/mol. The van der Waals surface area contributed by atoms with Crippen LogP contribution in [0, 0.1) is 13.8 Å². The van der Waals surface area contributed by atoms with E-state index in [1.54, 1.807) is 0 Å². The van der Waals surface area contributed by atoms with Gasteiger partial charge in [0.25, 0.3) is 0 Å². The summed E-state index contributed by atoms with van der Waals surface area (Å²) < 4.78 is 37.7. The van der Waals surface area contributed by atoms with E-state index in [4.69, 9.17) is 0 Å². The number of aromatic nitrogens is 1. The van der Waals surface area contributed by atoms with Crippen molar-refractivity contribution in [3.05, 3.63) is 64.8 Å². The Morgan fingerprint density at radius 3 is 2.40 bits per heavy atom. The monoisotopic (exact) mass is 346 g/mol. The van der Waals surface area contributed by atoms with Crippen LogP contribution >= 0.6 is 0 Å². The number of aryl methyl sites for hydroxylation is 2.